The van der Waals surface area contributed by atoms with Crippen LogP contribution >= 0.6 is 0 Å². The Morgan fingerprint density at radius 2 is 0.543 bits per heavy atom. The molecule has 0 aromatic carbocycles. The van der Waals surface area contributed by atoms with E-state index in [2.05, 4.69) is 55.4 Å². The molecule has 8 heteroatoms. The molecule has 0 saturated heterocycles. The predicted molar refractivity (Wildman–Crippen MR) is 189 cm³/mol. The molecular formula is C38H78O8. The summed E-state index contributed by atoms with van der Waals surface area (Å²) >= 11 is 0. The molecule has 0 heterocycles. The summed E-state index contributed by atoms with van der Waals surface area (Å²) in [6.07, 6.45) is 5.79. The van der Waals surface area contributed by atoms with Gasteiger partial charge in [-0.2, -0.15) is 0 Å². The van der Waals surface area contributed by atoms with Gasteiger partial charge < -0.3 is 39.4 Å². The number of ether oxygens (including phenoxy) is 4. The summed E-state index contributed by atoms with van der Waals surface area (Å²) in [5.41, 5.74) is -5.53. The Labute approximate surface area is 284 Å². The molecule has 0 radical (unpaired) electrons. The van der Waals surface area contributed by atoms with Crippen LogP contribution in [-0.4, -0.2) is 91.7 Å². The van der Waals surface area contributed by atoms with Gasteiger partial charge in [0.05, 0.1) is 64.6 Å². The van der Waals surface area contributed by atoms with Crippen molar-refractivity contribution in [2.45, 2.75) is 213 Å². The van der Waals surface area contributed by atoms with Crippen LogP contribution in [0.5, 0.6) is 0 Å². The molecule has 4 N–H and O–H groups in total. The molecule has 0 spiro atoms. The van der Waals surface area contributed by atoms with Crippen molar-refractivity contribution in [2.24, 2.45) is 5.41 Å². The fourth-order valence-corrected chi connectivity index (χ4v) is 6.27. The van der Waals surface area contributed by atoms with Crippen LogP contribution in [0.2, 0.25) is 0 Å². The summed E-state index contributed by atoms with van der Waals surface area (Å²) in [5.74, 6) is 0. The van der Waals surface area contributed by atoms with Crippen molar-refractivity contribution < 1.29 is 39.4 Å². The topological polar surface area (TPSA) is 118 Å². The van der Waals surface area contributed by atoms with Gasteiger partial charge in [0, 0.05) is 6.61 Å². The molecule has 0 saturated carbocycles. The fraction of sp³-hybridized carbons (Fsp3) is 1.00. The summed E-state index contributed by atoms with van der Waals surface area (Å²) in [5, 5.41) is 41.3. The summed E-state index contributed by atoms with van der Waals surface area (Å²) in [4.78, 5) is 0. The maximum atomic E-state index is 10.3. The lowest BCUT2D eigenvalue weighted by Gasteiger charge is -2.48. The number of hydrogen-bond donors (Lipinski definition) is 4. The minimum absolute atomic E-state index is 0.346. The standard InChI is InChI=1S/C38H78O8/c1-30(2,39)17-18-34(9,10)43-26-22-38(27-35(11,12)44-23-19-31(3,4)40,28-36(13,14)45-24-20-32(5,6)41)29-37(15,16)46-25-21-33(7,8)42/h39-42H,17-29H2,1-16H3. The van der Waals surface area contributed by atoms with Gasteiger partial charge in [0.2, 0.25) is 0 Å². The van der Waals surface area contributed by atoms with Gasteiger partial charge in [-0.25, -0.2) is 0 Å². The van der Waals surface area contributed by atoms with Crippen molar-refractivity contribution >= 4 is 0 Å². The Morgan fingerprint density at radius 3 is 0.804 bits per heavy atom. The van der Waals surface area contributed by atoms with Gasteiger partial charge in [0.15, 0.2) is 0 Å². The number of hydrogen-bond acceptors (Lipinski definition) is 8. The van der Waals surface area contributed by atoms with Gasteiger partial charge in [-0.15, -0.1) is 0 Å². The Balaban J connectivity index is 6.50. The lowest BCUT2D eigenvalue weighted by Crippen LogP contribution is -2.46. The minimum atomic E-state index is -0.817. The molecule has 8 nitrogen and oxygen atoms in total. The Kier molecular flexibility index (Phi) is 16.9. The monoisotopic (exact) mass is 663 g/mol. The maximum Gasteiger partial charge on any atom is 0.0631 e. The van der Waals surface area contributed by atoms with Gasteiger partial charge >= 0.3 is 0 Å². The molecule has 0 aromatic rings. The lowest BCUT2D eigenvalue weighted by atomic mass is 9.65. The molecule has 0 aromatic heterocycles. The van der Waals surface area contributed by atoms with Crippen LogP contribution in [0.25, 0.3) is 0 Å². The molecule has 0 aliphatic heterocycles. The van der Waals surface area contributed by atoms with Crippen molar-refractivity contribution in [1.29, 1.82) is 0 Å². The first-order valence-electron chi connectivity index (χ1n) is 17.6. The van der Waals surface area contributed by atoms with E-state index in [0.717, 1.165) is 12.8 Å². The first-order chi connectivity index (χ1) is 20.2. The van der Waals surface area contributed by atoms with E-state index in [9.17, 15) is 20.4 Å². The van der Waals surface area contributed by atoms with Gasteiger partial charge in [-0.05, 0) is 174 Å². The number of rotatable bonds is 25. The second-order valence-corrected chi connectivity index (χ2v) is 19.2. The first kappa shape index (κ1) is 45.7. The SMILES string of the molecule is CC(C)(O)CCOC(C)(C)CC(CCOC(C)(C)CCC(C)(C)O)(CC(C)(C)OCCC(C)(C)O)CC(C)(C)OCCC(C)(C)O. The van der Waals surface area contributed by atoms with Gasteiger partial charge in [0.1, 0.15) is 0 Å². The summed E-state index contributed by atoms with van der Waals surface area (Å²) in [6, 6.07) is 0. The van der Waals surface area contributed by atoms with E-state index in [1.165, 1.54) is 0 Å². The van der Waals surface area contributed by atoms with Crippen molar-refractivity contribution in [3.05, 3.63) is 0 Å². The highest BCUT2D eigenvalue weighted by Crippen LogP contribution is 2.48. The van der Waals surface area contributed by atoms with Crippen LogP contribution in [0.4, 0.5) is 0 Å². The van der Waals surface area contributed by atoms with E-state index in [0.29, 0.717) is 71.4 Å². The second-order valence-electron chi connectivity index (χ2n) is 19.2. The van der Waals surface area contributed by atoms with E-state index in [1.54, 1.807) is 41.5 Å². The van der Waals surface area contributed by atoms with Crippen molar-refractivity contribution in [1.82, 2.24) is 0 Å². The molecule has 0 amide bonds. The molecule has 0 rings (SSSR count). The average molecular weight is 663 g/mol. The van der Waals surface area contributed by atoms with Gasteiger partial charge in [-0.1, -0.05) is 0 Å². The summed E-state index contributed by atoms with van der Waals surface area (Å²) in [6.45, 7) is 33.1. The molecule has 0 atom stereocenters. The van der Waals surface area contributed by atoms with E-state index in [1.807, 2.05) is 13.8 Å². The van der Waals surface area contributed by atoms with Crippen molar-refractivity contribution in [3.63, 3.8) is 0 Å². The first-order valence-corrected chi connectivity index (χ1v) is 17.6. The van der Waals surface area contributed by atoms with Gasteiger partial charge in [-0.3, -0.25) is 0 Å². The lowest BCUT2D eigenvalue weighted by molar-refractivity contribution is -0.138. The van der Waals surface area contributed by atoms with Crippen LogP contribution in [0, 0.1) is 5.41 Å². The molecule has 46 heavy (non-hydrogen) atoms. The molecule has 278 valence electrons. The predicted octanol–water partition coefficient (Wildman–Crippen LogP) is 7.75. The second kappa shape index (κ2) is 17.1. The Morgan fingerprint density at radius 1 is 0.304 bits per heavy atom. The third-order valence-corrected chi connectivity index (χ3v) is 8.49. The van der Waals surface area contributed by atoms with E-state index < -0.39 is 44.8 Å². The van der Waals surface area contributed by atoms with E-state index in [-0.39, 0.29) is 5.41 Å². The van der Waals surface area contributed by atoms with Crippen LogP contribution < -0.4 is 0 Å². The fourth-order valence-electron chi connectivity index (χ4n) is 6.27. The third-order valence-electron chi connectivity index (χ3n) is 8.49. The molecule has 0 unspecified atom stereocenters. The van der Waals surface area contributed by atoms with Crippen LogP contribution in [0.1, 0.15) is 169 Å². The highest BCUT2D eigenvalue weighted by atomic mass is 16.5. The quantitative estimate of drug-likeness (QED) is 0.0784. The molecule has 0 bridgehead atoms. The molecule has 0 fully saturated rings. The zero-order valence-corrected chi connectivity index (χ0v) is 33.1. The number of aliphatic hydroxyl groups is 4. The minimum Gasteiger partial charge on any atom is -0.390 e. The van der Waals surface area contributed by atoms with E-state index >= 15 is 0 Å². The largest absolute Gasteiger partial charge is 0.390 e. The van der Waals surface area contributed by atoms with Crippen molar-refractivity contribution in [3.8, 4) is 0 Å². The maximum absolute atomic E-state index is 10.3. The third kappa shape index (κ3) is 24.8. The normalized spacial score (nSPS) is 15.1. The highest BCUT2D eigenvalue weighted by Gasteiger charge is 2.45. The highest BCUT2D eigenvalue weighted by molar-refractivity contribution is 4.96. The van der Waals surface area contributed by atoms with Crippen LogP contribution in [-0.2, 0) is 18.9 Å². The molecule has 0 aliphatic carbocycles. The Hall–Kier alpha value is -0.320. The van der Waals surface area contributed by atoms with Crippen LogP contribution in [0.3, 0.4) is 0 Å². The van der Waals surface area contributed by atoms with Crippen molar-refractivity contribution in [2.75, 3.05) is 26.4 Å². The molecule has 0 aliphatic rings. The van der Waals surface area contributed by atoms with Gasteiger partial charge in [0.25, 0.3) is 0 Å². The molecular weight excluding hydrogens is 584 g/mol. The zero-order valence-electron chi connectivity index (χ0n) is 33.1. The smallest absolute Gasteiger partial charge is 0.0631 e. The van der Waals surface area contributed by atoms with E-state index in [4.69, 9.17) is 18.9 Å². The summed E-state index contributed by atoms with van der Waals surface area (Å²) in [7, 11) is 0. The van der Waals surface area contributed by atoms with Crippen LogP contribution in [0.15, 0.2) is 0 Å². The zero-order chi connectivity index (χ0) is 36.5. The summed E-state index contributed by atoms with van der Waals surface area (Å²) < 4.78 is 26.0. The Bertz CT molecular complexity index is 764. The average Bonchev–Trinajstić information content (AvgIpc) is 2.72.